The summed E-state index contributed by atoms with van der Waals surface area (Å²) in [7, 11) is 0. The second-order valence-corrected chi connectivity index (χ2v) is 10.8. The summed E-state index contributed by atoms with van der Waals surface area (Å²) in [5, 5.41) is 13.5. The van der Waals surface area contributed by atoms with E-state index in [-0.39, 0.29) is 18.4 Å². The summed E-state index contributed by atoms with van der Waals surface area (Å²) in [4.78, 5) is 36.6. The summed E-state index contributed by atoms with van der Waals surface area (Å²) < 4.78 is 11.0. The number of carbonyl (C=O) groups is 2. The Labute approximate surface area is 234 Å². The van der Waals surface area contributed by atoms with Gasteiger partial charge in [0.05, 0.1) is 17.9 Å². The second kappa shape index (κ2) is 13.1. The fourth-order valence-corrected chi connectivity index (χ4v) is 5.49. The first-order valence-corrected chi connectivity index (χ1v) is 13.9. The Hall–Kier alpha value is -3.76. The number of hydrogen-bond acceptors (Lipinski definition) is 8. The van der Waals surface area contributed by atoms with Crippen molar-refractivity contribution in [3.8, 4) is 5.75 Å². The Balaban J connectivity index is 1.05. The van der Waals surface area contributed by atoms with Crippen LogP contribution in [0, 0.1) is 5.92 Å². The predicted molar refractivity (Wildman–Crippen MR) is 148 cm³/mol. The van der Waals surface area contributed by atoms with Gasteiger partial charge < -0.3 is 24.5 Å². The number of ether oxygens (including phenoxy) is 1. The van der Waals surface area contributed by atoms with Gasteiger partial charge in [-0.3, -0.25) is 19.5 Å². The van der Waals surface area contributed by atoms with E-state index in [9.17, 15) is 14.7 Å². The normalized spacial score (nSPS) is 16.8. The number of pyridine rings is 1. The molecule has 1 atom stereocenters. The molecule has 2 aliphatic heterocycles. The number of aromatic nitrogens is 2. The average Bonchev–Trinajstić information content (AvgIpc) is 3.49. The summed E-state index contributed by atoms with van der Waals surface area (Å²) >= 11 is 0. The van der Waals surface area contributed by atoms with Crippen LogP contribution < -0.4 is 10.1 Å². The number of fused-ring (bicyclic) bond motifs is 1. The molecule has 2 aliphatic rings. The van der Waals surface area contributed by atoms with Crippen molar-refractivity contribution in [1.29, 1.82) is 0 Å². The zero-order valence-electron chi connectivity index (χ0n) is 22.9. The molecule has 0 spiro atoms. The summed E-state index contributed by atoms with van der Waals surface area (Å²) in [6, 6.07) is 7.97. The minimum absolute atomic E-state index is 0.130. The van der Waals surface area contributed by atoms with Gasteiger partial charge in [0.1, 0.15) is 12.4 Å². The monoisotopic (exact) mass is 547 g/mol. The second-order valence-electron chi connectivity index (χ2n) is 10.8. The Morgan fingerprint density at radius 3 is 2.75 bits per heavy atom. The highest BCUT2D eigenvalue weighted by Gasteiger charge is 2.22. The number of benzene rings is 1. The number of nitrogens with zero attached hydrogens (tertiary/aromatic N) is 4. The first-order chi connectivity index (χ1) is 19.4. The number of aliphatic hydroxyl groups is 1. The molecule has 1 aromatic carbocycles. The minimum Gasteiger partial charge on any atom is -0.486 e. The number of piperidine rings is 1. The molecule has 212 valence electrons. The summed E-state index contributed by atoms with van der Waals surface area (Å²) in [5.41, 5.74) is 3.97. The smallest absolute Gasteiger partial charge is 0.252 e. The third-order valence-electron chi connectivity index (χ3n) is 7.74. The van der Waals surface area contributed by atoms with E-state index in [0.29, 0.717) is 30.4 Å². The number of carbonyl (C=O) groups excluding carboxylic acids is 2. The zero-order chi connectivity index (χ0) is 27.9. The third kappa shape index (κ3) is 7.45. The van der Waals surface area contributed by atoms with Crippen molar-refractivity contribution in [3.05, 3.63) is 77.3 Å². The Bertz CT molecular complexity index is 1290. The molecule has 40 heavy (non-hydrogen) atoms. The standard InChI is InChI=1S/C30H37N5O5/c1-21(36)35-8-4-22(5-9-35)10-23-11-26(14-31-13-23)30(38)33-15-27(37)18-34-7-6-24-12-28(3-2-25(24)17-34)39-19-29-16-32-20-40-29/h2-3,11-14,16,20,22,27,37H,4-10,15,17-19H2,1H3,(H,33,38)/t27-/m0/s1. The quantitative estimate of drug-likeness (QED) is 0.397. The van der Waals surface area contributed by atoms with Gasteiger partial charge in [0.2, 0.25) is 5.91 Å². The highest BCUT2D eigenvalue weighted by Crippen LogP contribution is 2.25. The molecule has 10 nitrogen and oxygen atoms in total. The molecule has 0 unspecified atom stereocenters. The van der Waals surface area contributed by atoms with Crippen molar-refractivity contribution in [2.75, 3.05) is 32.7 Å². The van der Waals surface area contributed by atoms with Gasteiger partial charge in [-0.15, -0.1) is 0 Å². The van der Waals surface area contributed by atoms with Crippen molar-refractivity contribution in [1.82, 2.24) is 25.1 Å². The number of aliphatic hydroxyl groups excluding tert-OH is 1. The largest absolute Gasteiger partial charge is 0.486 e. The Morgan fingerprint density at radius 2 is 1.98 bits per heavy atom. The molecule has 0 radical (unpaired) electrons. The summed E-state index contributed by atoms with van der Waals surface area (Å²) in [5.74, 6) is 1.85. The first-order valence-electron chi connectivity index (χ1n) is 13.9. The molecule has 1 saturated heterocycles. The van der Waals surface area contributed by atoms with E-state index >= 15 is 0 Å². The van der Waals surface area contributed by atoms with Crippen molar-refractivity contribution >= 4 is 11.8 Å². The van der Waals surface area contributed by atoms with E-state index in [1.807, 2.05) is 23.2 Å². The van der Waals surface area contributed by atoms with Crippen molar-refractivity contribution in [3.63, 3.8) is 0 Å². The van der Waals surface area contributed by atoms with Gasteiger partial charge in [-0.2, -0.15) is 0 Å². The van der Waals surface area contributed by atoms with Crippen LogP contribution in [0.15, 0.2) is 53.7 Å². The van der Waals surface area contributed by atoms with Crippen LogP contribution in [-0.4, -0.2) is 75.5 Å². The molecule has 2 N–H and O–H groups in total. The number of likely N-dealkylation sites (tertiary alicyclic amines) is 1. The lowest BCUT2D eigenvalue weighted by atomic mass is 9.90. The highest BCUT2D eigenvalue weighted by atomic mass is 16.5. The number of oxazole rings is 1. The minimum atomic E-state index is -0.683. The molecule has 10 heteroatoms. The summed E-state index contributed by atoms with van der Waals surface area (Å²) in [6.45, 7) is 5.73. The van der Waals surface area contributed by atoms with E-state index in [4.69, 9.17) is 9.15 Å². The average molecular weight is 548 g/mol. The van der Waals surface area contributed by atoms with Gasteiger partial charge in [0.15, 0.2) is 12.2 Å². The lowest BCUT2D eigenvalue weighted by molar-refractivity contribution is -0.130. The van der Waals surface area contributed by atoms with Crippen molar-refractivity contribution in [2.24, 2.45) is 5.92 Å². The van der Waals surface area contributed by atoms with Crippen LogP contribution in [0.5, 0.6) is 5.75 Å². The van der Waals surface area contributed by atoms with Crippen LogP contribution in [0.1, 0.15) is 52.6 Å². The van der Waals surface area contributed by atoms with Gasteiger partial charge in [-0.05, 0) is 66.5 Å². The lowest BCUT2D eigenvalue weighted by Crippen LogP contribution is -2.42. The molecule has 5 rings (SSSR count). The number of hydrogen-bond donors (Lipinski definition) is 2. The van der Waals surface area contributed by atoms with Crippen molar-refractivity contribution in [2.45, 2.75) is 51.9 Å². The number of β-amino-alcohol motifs (C(OH)–C–C–N with tert-alkyl or cyclic N) is 1. The fraction of sp³-hybridized carbons (Fsp3) is 0.467. The Morgan fingerprint density at radius 1 is 1.12 bits per heavy atom. The highest BCUT2D eigenvalue weighted by molar-refractivity contribution is 5.94. The van der Waals surface area contributed by atoms with Crippen LogP contribution in [0.25, 0.3) is 0 Å². The van der Waals surface area contributed by atoms with E-state index in [1.165, 1.54) is 17.5 Å². The molecule has 2 amide bonds. The zero-order valence-corrected chi connectivity index (χ0v) is 22.9. The maximum Gasteiger partial charge on any atom is 0.252 e. The first kappa shape index (κ1) is 27.8. The van der Waals surface area contributed by atoms with Gasteiger partial charge in [-0.1, -0.05) is 6.07 Å². The third-order valence-corrected chi connectivity index (χ3v) is 7.74. The molecule has 0 aliphatic carbocycles. The van der Waals surface area contributed by atoms with Gasteiger partial charge in [0.25, 0.3) is 5.91 Å². The molecule has 0 saturated carbocycles. The molecule has 1 fully saturated rings. The molecule has 4 heterocycles. The topological polar surface area (TPSA) is 121 Å². The van der Waals surface area contributed by atoms with E-state index in [1.54, 1.807) is 19.3 Å². The van der Waals surface area contributed by atoms with E-state index in [2.05, 4.69) is 32.3 Å². The SMILES string of the molecule is CC(=O)N1CCC(Cc2cncc(C(=O)NC[C@H](O)CN3CCc4cc(OCc5cnco5)ccc4C3)c2)CC1. The Kier molecular flexibility index (Phi) is 9.08. The fourth-order valence-electron chi connectivity index (χ4n) is 5.49. The molecule has 3 aromatic rings. The van der Waals surface area contributed by atoms with Crippen LogP contribution in [-0.2, 0) is 30.8 Å². The molecule has 0 bridgehead atoms. The predicted octanol–water partition coefficient (Wildman–Crippen LogP) is 2.60. The van der Waals surface area contributed by atoms with Gasteiger partial charge in [-0.25, -0.2) is 4.98 Å². The van der Waals surface area contributed by atoms with E-state index in [0.717, 1.165) is 63.2 Å². The van der Waals surface area contributed by atoms with Crippen LogP contribution >= 0.6 is 0 Å². The van der Waals surface area contributed by atoms with Crippen LogP contribution in [0.4, 0.5) is 0 Å². The lowest BCUT2D eigenvalue weighted by Gasteiger charge is -2.31. The molecular formula is C30H37N5O5. The number of amides is 2. The molecular weight excluding hydrogens is 510 g/mol. The number of rotatable bonds is 10. The van der Waals surface area contributed by atoms with E-state index < -0.39 is 6.10 Å². The number of nitrogens with one attached hydrogen (secondary N) is 1. The maximum absolute atomic E-state index is 12.8. The van der Waals surface area contributed by atoms with Crippen LogP contribution in [0.3, 0.4) is 0 Å². The molecule has 2 aromatic heterocycles. The summed E-state index contributed by atoms with van der Waals surface area (Å²) in [6.07, 6.45) is 9.34. The van der Waals surface area contributed by atoms with Crippen LogP contribution in [0.2, 0.25) is 0 Å². The van der Waals surface area contributed by atoms with Gasteiger partial charge >= 0.3 is 0 Å². The van der Waals surface area contributed by atoms with Gasteiger partial charge in [0, 0.05) is 58.6 Å². The maximum atomic E-state index is 12.8. The van der Waals surface area contributed by atoms with Crippen molar-refractivity contribution < 1.29 is 23.8 Å².